The summed E-state index contributed by atoms with van der Waals surface area (Å²) in [5.74, 6) is -0.780. The molecule has 20 heavy (non-hydrogen) atoms. The Morgan fingerprint density at radius 2 is 2.05 bits per heavy atom. The molecule has 0 aromatic rings. The second kappa shape index (κ2) is 5.26. The number of hydrogen-bond donors (Lipinski definition) is 2. The van der Waals surface area contributed by atoms with Gasteiger partial charge < -0.3 is 15.3 Å². The number of carboxylic acids is 1. The summed E-state index contributed by atoms with van der Waals surface area (Å²) in [6.07, 6.45) is 4.28. The quantitative estimate of drug-likeness (QED) is 0.835. The van der Waals surface area contributed by atoms with Gasteiger partial charge in [-0.1, -0.05) is 20.8 Å². The molecule has 2 rings (SSSR count). The molecule has 0 radical (unpaired) electrons. The molecule has 0 aromatic carbocycles. The average molecular weight is 282 g/mol. The minimum Gasteiger partial charge on any atom is -0.481 e. The van der Waals surface area contributed by atoms with Gasteiger partial charge in [0.15, 0.2) is 0 Å². The van der Waals surface area contributed by atoms with Crippen LogP contribution in [0, 0.1) is 10.8 Å². The van der Waals surface area contributed by atoms with Crippen molar-refractivity contribution in [2.75, 3.05) is 13.1 Å². The Morgan fingerprint density at radius 1 is 1.35 bits per heavy atom. The fourth-order valence-electron chi connectivity index (χ4n) is 3.49. The third-order valence-corrected chi connectivity index (χ3v) is 5.07. The predicted octanol–water partition coefficient (Wildman–Crippen LogP) is 2.46. The van der Waals surface area contributed by atoms with E-state index in [1.54, 1.807) is 4.90 Å². The van der Waals surface area contributed by atoms with E-state index in [0.717, 1.165) is 19.3 Å². The van der Waals surface area contributed by atoms with Gasteiger partial charge in [-0.2, -0.15) is 0 Å². The van der Waals surface area contributed by atoms with Crippen molar-refractivity contribution < 1.29 is 14.7 Å². The molecule has 2 N–H and O–H groups in total. The number of nitrogens with zero attached hydrogens (tertiary/aromatic N) is 1. The van der Waals surface area contributed by atoms with Crippen molar-refractivity contribution in [3.63, 3.8) is 0 Å². The van der Waals surface area contributed by atoms with Crippen molar-refractivity contribution in [2.45, 2.75) is 58.9 Å². The van der Waals surface area contributed by atoms with Gasteiger partial charge in [0.2, 0.25) is 0 Å². The first-order chi connectivity index (χ1) is 9.28. The molecular formula is C15H26N2O3. The molecule has 5 nitrogen and oxygen atoms in total. The van der Waals surface area contributed by atoms with Crippen LogP contribution in [0.15, 0.2) is 0 Å². The van der Waals surface area contributed by atoms with Crippen molar-refractivity contribution in [1.82, 2.24) is 10.2 Å². The molecule has 0 spiro atoms. The molecule has 0 aromatic heterocycles. The molecule has 1 saturated carbocycles. The highest BCUT2D eigenvalue weighted by molar-refractivity contribution is 5.79. The van der Waals surface area contributed by atoms with Crippen LogP contribution in [0.1, 0.15) is 52.9 Å². The van der Waals surface area contributed by atoms with Crippen molar-refractivity contribution in [1.29, 1.82) is 0 Å². The summed E-state index contributed by atoms with van der Waals surface area (Å²) in [6.45, 7) is 7.21. The van der Waals surface area contributed by atoms with E-state index in [4.69, 9.17) is 0 Å². The van der Waals surface area contributed by atoms with Crippen LogP contribution in [0.25, 0.3) is 0 Å². The molecule has 1 aliphatic heterocycles. The summed E-state index contributed by atoms with van der Waals surface area (Å²) in [5, 5.41) is 12.4. The van der Waals surface area contributed by atoms with Crippen molar-refractivity contribution in [3.8, 4) is 0 Å². The zero-order valence-corrected chi connectivity index (χ0v) is 12.7. The van der Waals surface area contributed by atoms with Crippen molar-refractivity contribution >= 4 is 12.0 Å². The summed E-state index contributed by atoms with van der Waals surface area (Å²) in [6, 6.07) is 0.142. The number of urea groups is 1. The molecule has 5 heteroatoms. The number of carboxylic acid groups (broad SMARTS) is 1. The van der Waals surface area contributed by atoms with E-state index in [-0.39, 0.29) is 12.1 Å². The standard InChI is InChI=1S/C15H26N2O3/c1-4-15(12(18)19)7-8-17(10-15)13(20)16-11-5-6-14(2,3)9-11/h11H,4-10H2,1-3H3,(H,16,20)(H,18,19). The first kappa shape index (κ1) is 15.1. The van der Waals surface area contributed by atoms with E-state index < -0.39 is 11.4 Å². The van der Waals surface area contributed by atoms with Crippen LogP contribution in [0.2, 0.25) is 0 Å². The van der Waals surface area contributed by atoms with Gasteiger partial charge in [-0.3, -0.25) is 4.79 Å². The summed E-state index contributed by atoms with van der Waals surface area (Å²) < 4.78 is 0. The van der Waals surface area contributed by atoms with E-state index in [1.807, 2.05) is 6.92 Å². The second-order valence-corrected chi connectivity index (χ2v) is 7.16. The maximum absolute atomic E-state index is 12.3. The lowest BCUT2D eigenvalue weighted by Gasteiger charge is -2.25. The summed E-state index contributed by atoms with van der Waals surface area (Å²) in [5.41, 5.74) is -0.441. The van der Waals surface area contributed by atoms with Gasteiger partial charge in [0.05, 0.1) is 5.41 Å². The summed E-state index contributed by atoms with van der Waals surface area (Å²) in [4.78, 5) is 25.3. The number of nitrogens with one attached hydrogen (secondary N) is 1. The van der Waals surface area contributed by atoms with Crippen LogP contribution in [0.4, 0.5) is 4.79 Å². The maximum atomic E-state index is 12.3. The fourth-order valence-corrected chi connectivity index (χ4v) is 3.49. The maximum Gasteiger partial charge on any atom is 0.317 e. The van der Waals surface area contributed by atoms with Gasteiger partial charge in [0, 0.05) is 19.1 Å². The van der Waals surface area contributed by atoms with Gasteiger partial charge in [-0.05, 0) is 37.5 Å². The Hall–Kier alpha value is -1.26. The topological polar surface area (TPSA) is 69.6 Å². The van der Waals surface area contributed by atoms with Crippen LogP contribution in [-0.2, 0) is 4.79 Å². The molecule has 2 fully saturated rings. The number of amides is 2. The number of likely N-dealkylation sites (tertiary alicyclic amines) is 1. The van der Waals surface area contributed by atoms with E-state index in [1.165, 1.54) is 0 Å². The van der Waals surface area contributed by atoms with Crippen LogP contribution in [0.5, 0.6) is 0 Å². The number of rotatable bonds is 3. The minimum atomic E-state index is -0.780. The lowest BCUT2D eigenvalue weighted by atomic mass is 9.84. The van der Waals surface area contributed by atoms with E-state index in [9.17, 15) is 14.7 Å². The monoisotopic (exact) mass is 282 g/mol. The summed E-state index contributed by atoms with van der Waals surface area (Å²) >= 11 is 0. The van der Waals surface area contributed by atoms with E-state index in [0.29, 0.717) is 31.3 Å². The first-order valence-electron chi connectivity index (χ1n) is 7.57. The lowest BCUT2D eigenvalue weighted by Crippen LogP contribution is -2.45. The Kier molecular flexibility index (Phi) is 3.98. The molecule has 2 atom stereocenters. The molecule has 2 amide bonds. The van der Waals surface area contributed by atoms with E-state index in [2.05, 4.69) is 19.2 Å². The van der Waals surface area contributed by atoms with Gasteiger partial charge in [0.25, 0.3) is 0 Å². The molecule has 114 valence electrons. The highest BCUT2D eigenvalue weighted by Crippen LogP contribution is 2.38. The third-order valence-electron chi connectivity index (χ3n) is 5.07. The molecule has 2 unspecified atom stereocenters. The SMILES string of the molecule is CCC1(C(=O)O)CCN(C(=O)NC2CCC(C)(C)C2)C1. The van der Waals surface area contributed by atoms with Crippen LogP contribution in [0.3, 0.4) is 0 Å². The van der Waals surface area contributed by atoms with Gasteiger partial charge in [-0.15, -0.1) is 0 Å². The first-order valence-corrected chi connectivity index (χ1v) is 7.57. The number of aliphatic carboxylic acids is 1. The Bertz CT molecular complexity index is 408. The van der Waals surface area contributed by atoms with Crippen LogP contribution in [-0.4, -0.2) is 41.1 Å². The largest absolute Gasteiger partial charge is 0.481 e. The molecule has 1 aliphatic carbocycles. The highest BCUT2D eigenvalue weighted by Gasteiger charge is 2.45. The van der Waals surface area contributed by atoms with Gasteiger partial charge in [-0.25, -0.2) is 4.79 Å². The molecule has 0 bridgehead atoms. The van der Waals surface area contributed by atoms with Crippen molar-refractivity contribution in [3.05, 3.63) is 0 Å². The zero-order valence-electron chi connectivity index (χ0n) is 12.7. The normalized spacial score (nSPS) is 32.4. The Labute approximate surface area is 120 Å². The van der Waals surface area contributed by atoms with Crippen molar-refractivity contribution in [2.24, 2.45) is 10.8 Å². The molecular weight excluding hydrogens is 256 g/mol. The predicted molar refractivity (Wildman–Crippen MR) is 76.5 cm³/mol. The summed E-state index contributed by atoms with van der Waals surface area (Å²) in [7, 11) is 0. The minimum absolute atomic E-state index is 0.0933. The van der Waals surface area contributed by atoms with Crippen LogP contribution < -0.4 is 5.32 Å². The molecule has 1 saturated heterocycles. The number of carbonyl (C=O) groups excluding carboxylic acids is 1. The smallest absolute Gasteiger partial charge is 0.317 e. The van der Waals surface area contributed by atoms with Crippen LogP contribution >= 0.6 is 0 Å². The lowest BCUT2D eigenvalue weighted by molar-refractivity contribution is -0.148. The molecule has 2 aliphatic rings. The van der Waals surface area contributed by atoms with Gasteiger partial charge in [0.1, 0.15) is 0 Å². The third kappa shape index (κ3) is 2.91. The van der Waals surface area contributed by atoms with Gasteiger partial charge >= 0.3 is 12.0 Å². The number of carbonyl (C=O) groups is 2. The highest BCUT2D eigenvalue weighted by atomic mass is 16.4. The Balaban J connectivity index is 1.90. The average Bonchev–Trinajstić information content (AvgIpc) is 2.94. The Morgan fingerprint density at radius 3 is 2.50 bits per heavy atom. The zero-order chi connectivity index (χ0) is 15.0. The fraction of sp³-hybridized carbons (Fsp3) is 0.867. The molecule has 1 heterocycles. The number of hydrogen-bond acceptors (Lipinski definition) is 2. The second-order valence-electron chi connectivity index (χ2n) is 7.16. The van der Waals surface area contributed by atoms with E-state index >= 15 is 0 Å².